The zero-order valence-corrected chi connectivity index (χ0v) is 31.8. The second-order valence-electron chi connectivity index (χ2n) is 15.3. The smallest absolute Gasteiger partial charge is 0.0447 e. The van der Waals surface area contributed by atoms with Gasteiger partial charge in [0.2, 0.25) is 0 Å². The number of hydrogen-bond donors (Lipinski definition) is 0. The summed E-state index contributed by atoms with van der Waals surface area (Å²) in [4.78, 5) is 0. The van der Waals surface area contributed by atoms with E-state index >= 15 is 0 Å². The minimum Gasteiger partial charge on any atom is -0.134 e. The lowest BCUT2D eigenvalue weighted by Crippen LogP contribution is -1.88. The lowest BCUT2D eigenvalue weighted by molar-refractivity contribution is 1.74. The van der Waals surface area contributed by atoms with Crippen LogP contribution < -0.4 is 0 Å². The minimum absolute atomic E-state index is 1.27. The van der Waals surface area contributed by atoms with Crippen LogP contribution in [-0.2, 0) is 0 Å². The summed E-state index contributed by atoms with van der Waals surface area (Å²) in [5.74, 6) is 0. The van der Waals surface area contributed by atoms with Gasteiger partial charge in [0.05, 0.1) is 0 Å². The van der Waals surface area contributed by atoms with Crippen LogP contribution >= 0.6 is 22.7 Å². The molecule has 0 N–H and O–H groups in total. The Morgan fingerprint density at radius 1 is 0.250 bits per heavy atom. The van der Waals surface area contributed by atoms with E-state index in [1.54, 1.807) is 0 Å². The molecule has 2 aromatic heterocycles. The Hall–Kier alpha value is -6.58. The van der Waals surface area contributed by atoms with Gasteiger partial charge in [0, 0.05) is 51.5 Å². The van der Waals surface area contributed by atoms with Gasteiger partial charge in [-0.2, -0.15) is 0 Å². The SMILES string of the molecule is c1ccc2cc3cc(-c4c5sc6cc7ccccc7cc6c5c(-c5ccc6cc7ccccc7cc6c5)c5sc6cc7ccccc7cc6c45)ccc3cc2c1. The third-order valence-corrected chi connectivity index (χ3v) is 14.4. The molecular weight excluding hydrogens is 713 g/mol. The maximum atomic E-state index is 2.45. The monoisotopic (exact) mass is 742 g/mol. The highest BCUT2D eigenvalue weighted by atomic mass is 32.1. The van der Waals surface area contributed by atoms with Gasteiger partial charge in [-0.25, -0.2) is 0 Å². The van der Waals surface area contributed by atoms with Gasteiger partial charge < -0.3 is 0 Å². The van der Waals surface area contributed by atoms with Gasteiger partial charge in [0.1, 0.15) is 0 Å². The van der Waals surface area contributed by atoms with Crippen LogP contribution in [0.4, 0.5) is 0 Å². The topological polar surface area (TPSA) is 0 Å². The minimum atomic E-state index is 1.27. The molecular formula is C54H30S2. The molecule has 13 aromatic rings. The number of thiophene rings is 2. The molecule has 56 heavy (non-hydrogen) atoms. The molecule has 0 bridgehead atoms. The van der Waals surface area contributed by atoms with Gasteiger partial charge in [-0.15, -0.1) is 22.7 Å². The standard InChI is InChI=1S/C54H30S2/c1-3-11-33-23-43-25-41(19-17-39(43)21-31(33)9-1)49-51-45-27-35-13-5-7-15-37(35)29-47(45)56-54(51)50(42-20-18-40-22-32-10-2-4-12-34(32)24-44(40)26-42)52-46-28-36-14-6-8-16-38(36)30-48(46)55-53(49)52/h1-30H. The first-order valence-corrected chi connectivity index (χ1v) is 20.9. The molecule has 0 spiro atoms. The molecule has 0 aliphatic carbocycles. The Morgan fingerprint density at radius 2 is 0.554 bits per heavy atom. The molecule has 0 saturated heterocycles. The van der Waals surface area contributed by atoms with E-state index in [0.29, 0.717) is 0 Å². The highest BCUT2D eigenvalue weighted by molar-refractivity contribution is 7.28. The molecule has 2 heterocycles. The van der Waals surface area contributed by atoms with Gasteiger partial charge in [-0.3, -0.25) is 0 Å². The zero-order valence-electron chi connectivity index (χ0n) is 30.1. The summed E-state index contributed by atoms with van der Waals surface area (Å²) in [6.07, 6.45) is 0. The molecule has 0 nitrogen and oxygen atoms in total. The van der Waals surface area contributed by atoms with E-state index in [9.17, 15) is 0 Å². The average Bonchev–Trinajstić information content (AvgIpc) is 3.79. The van der Waals surface area contributed by atoms with Gasteiger partial charge >= 0.3 is 0 Å². The lowest BCUT2D eigenvalue weighted by atomic mass is 9.89. The Balaban J connectivity index is 1.23. The fraction of sp³-hybridized carbons (Fsp3) is 0. The zero-order chi connectivity index (χ0) is 36.5. The second kappa shape index (κ2) is 11.5. The van der Waals surface area contributed by atoms with Crippen LogP contribution in [-0.4, -0.2) is 0 Å². The van der Waals surface area contributed by atoms with Crippen molar-refractivity contribution in [1.82, 2.24) is 0 Å². The molecule has 0 radical (unpaired) electrons. The van der Waals surface area contributed by atoms with E-state index in [-0.39, 0.29) is 0 Å². The van der Waals surface area contributed by atoms with E-state index in [4.69, 9.17) is 0 Å². The fourth-order valence-corrected chi connectivity index (χ4v) is 12.0. The van der Waals surface area contributed by atoms with Gasteiger partial charge in [-0.1, -0.05) is 121 Å². The van der Waals surface area contributed by atoms with E-state index in [1.807, 2.05) is 22.7 Å². The van der Waals surface area contributed by atoms with E-state index in [1.165, 1.54) is 127 Å². The Bertz CT molecular complexity index is 3570. The number of hydrogen-bond acceptors (Lipinski definition) is 2. The molecule has 0 saturated carbocycles. The van der Waals surface area contributed by atoms with Gasteiger partial charge in [0.15, 0.2) is 0 Å². The second-order valence-corrected chi connectivity index (χ2v) is 17.4. The van der Waals surface area contributed by atoms with E-state index in [0.717, 1.165) is 0 Å². The molecule has 0 aliphatic rings. The molecule has 0 atom stereocenters. The summed E-state index contributed by atoms with van der Waals surface area (Å²) >= 11 is 3.91. The molecule has 13 rings (SSSR count). The fourth-order valence-electron chi connectivity index (χ4n) is 9.38. The Morgan fingerprint density at radius 3 is 0.929 bits per heavy atom. The van der Waals surface area contributed by atoms with Crippen LogP contribution in [0.5, 0.6) is 0 Å². The normalized spacial score (nSPS) is 12.3. The third kappa shape index (κ3) is 4.46. The predicted octanol–water partition coefficient (Wildman–Crippen LogP) is 16.7. The predicted molar refractivity (Wildman–Crippen MR) is 248 cm³/mol. The van der Waals surface area contributed by atoms with E-state index in [2.05, 4.69) is 182 Å². The summed E-state index contributed by atoms with van der Waals surface area (Å²) in [5, 5.41) is 20.6. The summed E-state index contributed by atoms with van der Waals surface area (Å²) in [6, 6.07) is 68.5. The highest BCUT2D eigenvalue weighted by Gasteiger charge is 2.25. The first-order chi connectivity index (χ1) is 27.7. The Labute approximate surface area is 330 Å². The molecule has 258 valence electrons. The van der Waals surface area contributed by atoms with Crippen LogP contribution in [0.15, 0.2) is 182 Å². The maximum absolute atomic E-state index is 2.45. The third-order valence-electron chi connectivity index (χ3n) is 12.1. The largest absolute Gasteiger partial charge is 0.134 e. The van der Waals surface area contributed by atoms with Crippen molar-refractivity contribution in [2.24, 2.45) is 0 Å². The number of benzene rings is 11. The molecule has 0 aliphatic heterocycles. The quantitative estimate of drug-likeness (QED) is 0.155. The van der Waals surface area contributed by atoms with Crippen molar-refractivity contribution >= 4 is 128 Å². The van der Waals surface area contributed by atoms with Gasteiger partial charge in [-0.05, 0) is 136 Å². The highest BCUT2D eigenvalue weighted by Crippen LogP contribution is 2.55. The van der Waals surface area contributed by atoms with Crippen molar-refractivity contribution in [2.75, 3.05) is 0 Å². The number of rotatable bonds is 2. The van der Waals surface area contributed by atoms with Crippen LogP contribution in [0, 0.1) is 0 Å². The molecule has 0 amide bonds. The molecule has 11 aromatic carbocycles. The van der Waals surface area contributed by atoms with Crippen molar-refractivity contribution in [3.63, 3.8) is 0 Å². The van der Waals surface area contributed by atoms with Gasteiger partial charge in [0.25, 0.3) is 0 Å². The summed E-state index contributed by atoms with van der Waals surface area (Å²) in [6.45, 7) is 0. The molecule has 2 heteroatoms. The first-order valence-electron chi connectivity index (χ1n) is 19.2. The van der Waals surface area contributed by atoms with Crippen LogP contribution in [0.1, 0.15) is 0 Å². The Kier molecular flexibility index (Phi) is 6.29. The van der Waals surface area contributed by atoms with Crippen molar-refractivity contribution in [1.29, 1.82) is 0 Å². The first kappa shape index (κ1) is 30.7. The summed E-state index contributed by atoms with van der Waals surface area (Å²) < 4.78 is 5.35. The average molecular weight is 743 g/mol. The summed E-state index contributed by atoms with van der Waals surface area (Å²) in [5.41, 5.74) is 5.21. The lowest BCUT2D eigenvalue weighted by Gasteiger charge is -2.15. The van der Waals surface area contributed by atoms with Crippen molar-refractivity contribution in [3.05, 3.63) is 182 Å². The van der Waals surface area contributed by atoms with Crippen molar-refractivity contribution < 1.29 is 0 Å². The van der Waals surface area contributed by atoms with Crippen LogP contribution in [0.25, 0.3) is 127 Å². The number of fused-ring (bicyclic) bond motifs is 12. The van der Waals surface area contributed by atoms with Crippen LogP contribution in [0.3, 0.4) is 0 Å². The van der Waals surface area contributed by atoms with E-state index < -0.39 is 0 Å². The molecule has 0 unspecified atom stereocenters. The van der Waals surface area contributed by atoms with Crippen molar-refractivity contribution in [3.8, 4) is 22.3 Å². The maximum Gasteiger partial charge on any atom is 0.0447 e. The molecule has 0 fully saturated rings. The van der Waals surface area contributed by atoms with Crippen LogP contribution in [0.2, 0.25) is 0 Å². The summed E-state index contributed by atoms with van der Waals surface area (Å²) in [7, 11) is 0. The van der Waals surface area contributed by atoms with Crippen molar-refractivity contribution in [2.45, 2.75) is 0 Å².